The minimum atomic E-state index is -4.37. The molecule has 0 saturated carbocycles. The van der Waals surface area contributed by atoms with Crippen molar-refractivity contribution >= 4 is 17.2 Å². The Balaban J connectivity index is 1.81. The topological polar surface area (TPSA) is 69.5 Å². The standard InChI is InChI=1S/C20H21F3N4O3S/c1-12-17(31-18(25-12)13-5-6-14(29-3)15(9-13)30-4)19(28)26(2)10-16-24-7-8-27(16)11-20(21,22)23/h5-9H,10-11H2,1-4H3. The van der Waals surface area contributed by atoms with Crippen molar-refractivity contribution < 1.29 is 27.4 Å². The number of nitrogens with zero attached hydrogens (tertiary/aromatic N) is 4. The molecule has 3 aromatic rings. The number of benzene rings is 1. The Hall–Kier alpha value is -3.08. The highest BCUT2D eigenvalue weighted by molar-refractivity contribution is 7.17. The van der Waals surface area contributed by atoms with Gasteiger partial charge in [-0.05, 0) is 25.1 Å². The number of imidazole rings is 1. The van der Waals surface area contributed by atoms with Crippen LogP contribution in [0.5, 0.6) is 11.5 Å². The Morgan fingerprint density at radius 1 is 1.23 bits per heavy atom. The molecule has 0 unspecified atom stereocenters. The van der Waals surface area contributed by atoms with Gasteiger partial charge in [0.15, 0.2) is 11.5 Å². The molecule has 0 radical (unpaired) electrons. The zero-order valence-electron chi connectivity index (χ0n) is 17.4. The van der Waals surface area contributed by atoms with Crippen LogP contribution in [-0.4, -0.2) is 52.8 Å². The molecule has 1 amide bonds. The van der Waals surface area contributed by atoms with Gasteiger partial charge in [-0.15, -0.1) is 11.3 Å². The second-order valence-electron chi connectivity index (χ2n) is 6.75. The van der Waals surface area contributed by atoms with Gasteiger partial charge in [0.2, 0.25) is 0 Å². The summed E-state index contributed by atoms with van der Waals surface area (Å²) in [5.41, 5.74) is 1.29. The predicted molar refractivity (Wildman–Crippen MR) is 109 cm³/mol. The number of thiazole rings is 1. The Morgan fingerprint density at radius 3 is 2.58 bits per heavy atom. The predicted octanol–water partition coefficient (Wildman–Crippen LogP) is 4.17. The Bertz CT molecular complexity index is 1080. The third-order valence-corrected chi connectivity index (χ3v) is 5.69. The van der Waals surface area contributed by atoms with E-state index in [1.165, 1.54) is 49.9 Å². The van der Waals surface area contributed by atoms with E-state index >= 15 is 0 Å². The highest BCUT2D eigenvalue weighted by atomic mass is 32.1. The van der Waals surface area contributed by atoms with Gasteiger partial charge in [-0.3, -0.25) is 4.79 Å². The lowest BCUT2D eigenvalue weighted by Crippen LogP contribution is -2.29. The molecule has 0 N–H and O–H groups in total. The highest BCUT2D eigenvalue weighted by Crippen LogP contribution is 2.35. The van der Waals surface area contributed by atoms with Crippen molar-refractivity contribution in [3.63, 3.8) is 0 Å². The van der Waals surface area contributed by atoms with Crippen LogP contribution in [0, 0.1) is 6.92 Å². The number of rotatable bonds is 7. The third-order valence-electron chi connectivity index (χ3n) is 4.50. The van der Waals surface area contributed by atoms with Crippen molar-refractivity contribution in [2.45, 2.75) is 26.2 Å². The third kappa shape index (κ3) is 5.16. The Kier molecular flexibility index (Phi) is 6.54. The van der Waals surface area contributed by atoms with Gasteiger partial charge in [0.1, 0.15) is 22.3 Å². The first-order valence-corrected chi connectivity index (χ1v) is 9.96. The second-order valence-corrected chi connectivity index (χ2v) is 7.75. The van der Waals surface area contributed by atoms with Crippen LogP contribution in [0.2, 0.25) is 0 Å². The van der Waals surface area contributed by atoms with Crippen LogP contribution >= 0.6 is 11.3 Å². The molecule has 3 rings (SSSR count). The number of methoxy groups -OCH3 is 2. The summed E-state index contributed by atoms with van der Waals surface area (Å²) < 4.78 is 49.7. The van der Waals surface area contributed by atoms with Crippen LogP contribution in [0.25, 0.3) is 10.6 Å². The van der Waals surface area contributed by atoms with Gasteiger partial charge in [0.25, 0.3) is 5.91 Å². The zero-order valence-corrected chi connectivity index (χ0v) is 18.2. The molecule has 0 saturated heterocycles. The summed E-state index contributed by atoms with van der Waals surface area (Å²) >= 11 is 1.20. The zero-order chi connectivity index (χ0) is 22.8. The number of halogens is 3. The summed E-state index contributed by atoms with van der Waals surface area (Å²) in [6, 6.07) is 5.33. The van der Waals surface area contributed by atoms with E-state index in [-0.39, 0.29) is 18.3 Å². The number of carbonyl (C=O) groups excluding carboxylic acids is 1. The number of hydrogen-bond donors (Lipinski definition) is 0. The lowest BCUT2D eigenvalue weighted by atomic mass is 10.2. The van der Waals surface area contributed by atoms with Crippen LogP contribution in [0.15, 0.2) is 30.6 Å². The molecule has 0 fully saturated rings. The number of carbonyl (C=O) groups is 1. The van der Waals surface area contributed by atoms with Gasteiger partial charge in [-0.25, -0.2) is 9.97 Å². The molecule has 11 heteroatoms. The molecular weight excluding hydrogens is 433 g/mol. The summed E-state index contributed by atoms with van der Waals surface area (Å²) in [6.45, 7) is 0.491. The average Bonchev–Trinajstić information content (AvgIpc) is 3.31. The van der Waals surface area contributed by atoms with E-state index in [0.29, 0.717) is 27.1 Å². The van der Waals surface area contributed by atoms with E-state index in [1.807, 2.05) is 6.07 Å². The largest absolute Gasteiger partial charge is 0.493 e. The van der Waals surface area contributed by atoms with Crippen LogP contribution in [0.3, 0.4) is 0 Å². The van der Waals surface area contributed by atoms with Crippen molar-refractivity contribution in [1.82, 2.24) is 19.4 Å². The highest BCUT2D eigenvalue weighted by Gasteiger charge is 2.29. The summed E-state index contributed by atoms with van der Waals surface area (Å²) in [6.07, 6.45) is -1.85. The SMILES string of the molecule is COc1ccc(-c2nc(C)c(C(=O)N(C)Cc3nccn3CC(F)(F)F)s2)cc1OC. The molecule has 0 spiro atoms. The van der Waals surface area contributed by atoms with Crippen LogP contribution in [0.1, 0.15) is 21.2 Å². The summed E-state index contributed by atoms with van der Waals surface area (Å²) in [5, 5.41) is 0.619. The van der Waals surface area contributed by atoms with E-state index in [4.69, 9.17) is 9.47 Å². The summed E-state index contributed by atoms with van der Waals surface area (Å²) in [7, 11) is 4.59. The molecule has 0 bridgehead atoms. The fourth-order valence-electron chi connectivity index (χ4n) is 2.97. The lowest BCUT2D eigenvalue weighted by molar-refractivity contribution is -0.141. The second kappa shape index (κ2) is 8.96. The average molecular weight is 454 g/mol. The minimum Gasteiger partial charge on any atom is -0.493 e. The van der Waals surface area contributed by atoms with E-state index < -0.39 is 12.7 Å². The van der Waals surface area contributed by atoms with Crippen LogP contribution in [-0.2, 0) is 13.1 Å². The Labute approximate surface area is 181 Å². The number of aryl methyl sites for hydroxylation is 1. The van der Waals surface area contributed by atoms with Crippen LogP contribution < -0.4 is 9.47 Å². The molecule has 0 aliphatic heterocycles. The molecule has 31 heavy (non-hydrogen) atoms. The molecule has 7 nitrogen and oxygen atoms in total. The molecule has 0 aliphatic rings. The van der Waals surface area contributed by atoms with E-state index in [1.54, 1.807) is 19.1 Å². The number of amides is 1. The summed E-state index contributed by atoms with van der Waals surface area (Å²) in [4.78, 5) is 23.1. The van der Waals surface area contributed by atoms with E-state index in [9.17, 15) is 18.0 Å². The quantitative estimate of drug-likeness (QED) is 0.536. The normalized spacial score (nSPS) is 11.5. The van der Waals surface area contributed by atoms with Crippen molar-refractivity contribution in [3.05, 3.63) is 47.0 Å². The van der Waals surface area contributed by atoms with Gasteiger partial charge >= 0.3 is 6.18 Å². The molecule has 1 aromatic carbocycles. The van der Waals surface area contributed by atoms with Crippen molar-refractivity contribution in [2.24, 2.45) is 0 Å². The summed E-state index contributed by atoms with van der Waals surface area (Å²) in [5.74, 6) is 0.915. The van der Waals surface area contributed by atoms with Crippen LogP contribution in [0.4, 0.5) is 13.2 Å². The fourth-order valence-corrected chi connectivity index (χ4v) is 4.03. The van der Waals surface area contributed by atoms with Gasteiger partial charge in [-0.2, -0.15) is 13.2 Å². The fraction of sp³-hybridized carbons (Fsp3) is 0.350. The maximum Gasteiger partial charge on any atom is 0.406 e. The molecule has 2 heterocycles. The smallest absolute Gasteiger partial charge is 0.406 e. The van der Waals surface area contributed by atoms with Crippen molar-refractivity contribution in [3.8, 4) is 22.1 Å². The first-order valence-electron chi connectivity index (χ1n) is 9.15. The number of hydrogen-bond acceptors (Lipinski definition) is 6. The van der Waals surface area contributed by atoms with Gasteiger partial charge in [0, 0.05) is 25.0 Å². The van der Waals surface area contributed by atoms with Gasteiger partial charge < -0.3 is 18.9 Å². The Morgan fingerprint density at radius 2 is 1.94 bits per heavy atom. The van der Waals surface area contributed by atoms with E-state index in [0.717, 1.165) is 10.1 Å². The maximum atomic E-state index is 12.9. The molecule has 0 atom stereocenters. The molecular formula is C20H21F3N4O3S. The minimum absolute atomic E-state index is 0.0645. The van der Waals surface area contributed by atoms with Crippen molar-refractivity contribution in [1.29, 1.82) is 0 Å². The molecule has 166 valence electrons. The maximum absolute atomic E-state index is 12.9. The molecule has 0 aliphatic carbocycles. The van der Waals surface area contributed by atoms with Gasteiger partial charge in [0.05, 0.1) is 26.5 Å². The first-order chi connectivity index (χ1) is 14.6. The number of ether oxygens (including phenoxy) is 2. The number of alkyl halides is 3. The molecule has 2 aromatic heterocycles. The monoisotopic (exact) mass is 454 g/mol. The van der Waals surface area contributed by atoms with E-state index in [2.05, 4.69) is 9.97 Å². The number of aromatic nitrogens is 3. The van der Waals surface area contributed by atoms with Gasteiger partial charge in [-0.1, -0.05) is 0 Å². The first kappa shape index (κ1) is 22.6. The van der Waals surface area contributed by atoms with Crippen molar-refractivity contribution in [2.75, 3.05) is 21.3 Å². The lowest BCUT2D eigenvalue weighted by Gasteiger charge is -2.18.